The van der Waals surface area contributed by atoms with Crippen molar-refractivity contribution in [3.63, 3.8) is 0 Å². The molecule has 0 aliphatic heterocycles. The molecule has 11 atom stereocenters. The largest absolute Gasteiger partial charge is 0.508 e. The molecule has 656 valence electrons. The average Bonchev–Trinajstić information content (AvgIpc) is 0.846. The Morgan fingerprint density at radius 2 is 0.838 bits per heavy atom. The highest BCUT2D eigenvalue weighted by atomic mass is 16.3. The second-order valence-corrected chi connectivity index (χ2v) is 31.9. The lowest BCUT2D eigenvalue weighted by atomic mass is 9.97. The average molecular weight is 1650 g/mol. The summed E-state index contributed by atoms with van der Waals surface area (Å²) in [5, 5.41) is 58.0. The predicted octanol–water partition coefficient (Wildman–Crippen LogP) is -0.506. The minimum Gasteiger partial charge on any atom is -0.508 e. The molecule has 0 radical (unpaired) electrons. The molecule has 0 saturated heterocycles. The van der Waals surface area contributed by atoms with Crippen molar-refractivity contribution in [2.75, 3.05) is 26.7 Å². The van der Waals surface area contributed by atoms with E-state index in [1.54, 1.807) is 90.0 Å². The highest BCUT2D eigenvalue weighted by Crippen LogP contribution is 2.23. The number of phenolic OH excluding ortho intramolecular Hbond substituents is 1. The molecule has 0 aromatic heterocycles. The van der Waals surface area contributed by atoms with Crippen molar-refractivity contribution >= 4 is 101 Å². The van der Waals surface area contributed by atoms with Crippen LogP contribution in [-0.2, 0) is 71.9 Å². The summed E-state index contributed by atoms with van der Waals surface area (Å²) in [5.74, 6) is -15.5. The van der Waals surface area contributed by atoms with Gasteiger partial charge in [-0.05, 0) is 172 Å². The highest BCUT2D eigenvalue weighted by molar-refractivity contribution is 6.05. The standard InChI is InChI=1S/C79H133N21O17/c1-24-28-53(102)91-55(38(2)3)67(107)88-47(19)76(116)100(23)48(20)65(105)93-60(43(12)13)72(112)97-59(42(10)11)70(110)90-52(49-30-32-50(101)33-31-49)37-54(103)92-56(39(4)5)71(111)96-58(41(8)9)69(109)89-51(29-27-36-86-78(82)83)66(106)94-61(44(14)15)73(113)98-62(45(16)17)74(114)95-57(40(6)7)68(108)87-46(18)64(104)99-63(79(21,22)117)75(115)84-34-25-26-35-85-77(80)81/h30-33,39,42-48,51-52,56,59-63,101,117H,24-29,34-37H2,1-23H3,(H,84,115)(H,87,108)(H,88,107)(H,89,109)(H,90,110)(H,91,102)(H,92,103)(H,93,105)(H,94,106)(H,95,114)(H,96,111)(H,97,112)(H,98,113)(H,99,104)(H4,80,81,85)(H4,82,83,86). The zero-order chi connectivity index (χ0) is 90.0. The predicted molar refractivity (Wildman–Crippen MR) is 442 cm³/mol. The number of phenols is 1. The summed E-state index contributed by atoms with van der Waals surface area (Å²) >= 11 is 0. The molecule has 38 heteroatoms. The zero-order valence-electron chi connectivity index (χ0n) is 72.3. The van der Waals surface area contributed by atoms with Crippen LogP contribution < -0.4 is 97.4 Å². The summed E-state index contributed by atoms with van der Waals surface area (Å²) in [6.45, 7) is 34.6. The first-order valence-electron chi connectivity index (χ1n) is 39.4. The van der Waals surface area contributed by atoms with E-state index in [0.717, 1.165) is 4.90 Å². The molecule has 0 aliphatic rings. The molecule has 117 heavy (non-hydrogen) atoms. The van der Waals surface area contributed by atoms with Gasteiger partial charge < -0.3 is 112 Å². The molecule has 24 N–H and O–H groups in total. The zero-order valence-corrected chi connectivity index (χ0v) is 72.3. The number of hydrogen-bond donors (Lipinski definition) is 20. The fourth-order valence-corrected chi connectivity index (χ4v) is 11.3. The molecule has 1 aromatic carbocycles. The van der Waals surface area contributed by atoms with Gasteiger partial charge in [-0.2, -0.15) is 0 Å². The first-order valence-corrected chi connectivity index (χ1v) is 39.4. The van der Waals surface area contributed by atoms with Crippen LogP contribution in [0.5, 0.6) is 5.75 Å². The lowest BCUT2D eigenvalue weighted by molar-refractivity contribution is -0.142. The van der Waals surface area contributed by atoms with Crippen molar-refractivity contribution < 1.29 is 82.1 Å². The quantitative estimate of drug-likeness (QED) is 0.0169. The molecule has 15 amide bonds. The van der Waals surface area contributed by atoms with E-state index in [2.05, 4.69) is 84.4 Å². The maximum Gasteiger partial charge on any atom is 0.268 e. The summed E-state index contributed by atoms with van der Waals surface area (Å²) in [4.78, 5) is 218. The second kappa shape index (κ2) is 49.6. The molecule has 0 fully saturated rings. The van der Waals surface area contributed by atoms with Crippen molar-refractivity contribution in [1.29, 1.82) is 0 Å². The summed E-state index contributed by atoms with van der Waals surface area (Å²) in [5.41, 5.74) is 20.8. The van der Waals surface area contributed by atoms with E-state index < -0.39 is 191 Å². The summed E-state index contributed by atoms with van der Waals surface area (Å²) < 4.78 is 0. The molecular formula is C79H133N21O17. The van der Waals surface area contributed by atoms with Crippen LogP contribution in [0.4, 0.5) is 0 Å². The van der Waals surface area contributed by atoms with Crippen molar-refractivity contribution in [1.82, 2.24) is 79.3 Å². The fourth-order valence-electron chi connectivity index (χ4n) is 11.3. The number of carbonyl (C=O) groups excluding carboxylic acids is 15. The third-order valence-electron chi connectivity index (χ3n) is 18.4. The molecule has 11 unspecified atom stereocenters. The number of amides is 15. The van der Waals surface area contributed by atoms with E-state index in [1.165, 1.54) is 93.6 Å². The van der Waals surface area contributed by atoms with Crippen LogP contribution in [0.1, 0.15) is 209 Å². The maximum absolute atomic E-state index is 14.6. The number of hydrogen-bond acceptors (Lipinski definition) is 19. The second-order valence-electron chi connectivity index (χ2n) is 31.9. The van der Waals surface area contributed by atoms with Crippen LogP contribution in [-0.4, -0.2) is 208 Å². The van der Waals surface area contributed by atoms with E-state index in [-0.39, 0.29) is 84.2 Å². The number of aromatic hydroxyl groups is 1. The number of aliphatic imine (C=N–C) groups is 2. The van der Waals surface area contributed by atoms with E-state index in [0.29, 0.717) is 36.9 Å². The first-order chi connectivity index (χ1) is 54.2. The first kappa shape index (κ1) is 104. The molecule has 0 aliphatic carbocycles. The molecular weight excluding hydrogens is 1510 g/mol. The number of benzene rings is 1. The van der Waals surface area contributed by atoms with E-state index >= 15 is 0 Å². The normalized spacial score (nSPS) is 14.0. The number of nitrogens with two attached hydrogens (primary N) is 4. The Labute approximate surface area is 687 Å². The number of rotatable bonds is 47. The van der Waals surface area contributed by atoms with Crippen molar-refractivity contribution in [3.8, 4) is 5.75 Å². The summed E-state index contributed by atoms with van der Waals surface area (Å²) in [6.07, 6.45) is 1.12. The van der Waals surface area contributed by atoms with Crippen LogP contribution in [0.2, 0.25) is 0 Å². The number of guanidine groups is 2. The maximum atomic E-state index is 14.6. The number of likely N-dealkylation sites (N-methyl/N-ethyl adjacent to an activating group) is 1. The number of nitrogens with one attached hydrogen (secondary N) is 14. The SMILES string of the molecule is CCCC(=O)NC(C(=O)NC(C)C(=O)N(C)C(C)C(=O)NC(C(=O)NC(C(=O)NC(CC(=O)NC(C(=O)NC(C(=O)NC(CCCN=C(N)N)C(=O)NC(C(=O)NC(C(=O)NC(C(=O)NC(C)C(=O)NC(C(=O)NCCCCN=C(N)N)C(C)(C)O)=C(C)C)C(C)C)C(C)C)=C(C)C)C(C)C)c1ccc(O)cc1)C(C)C)C(C)C)=C(C)C. The minimum atomic E-state index is -1.77. The highest BCUT2D eigenvalue weighted by Gasteiger charge is 2.40. The molecule has 0 bridgehead atoms. The molecule has 0 spiro atoms. The van der Waals surface area contributed by atoms with Gasteiger partial charge in [0, 0.05) is 33.1 Å². The number of allylic oxidation sites excluding steroid dienone is 3. The molecule has 1 rings (SSSR count). The number of unbranched alkanes of at least 4 members (excludes halogenated alkanes) is 1. The van der Waals surface area contributed by atoms with E-state index in [4.69, 9.17) is 22.9 Å². The van der Waals surface area contributed by atoms with Gasteiger partial charge in [0.1, 0.15) is 83.3 Å². The van der Waals surface area contributed by atoms with Gasteiger partial charge in [-0.1, -0.05) is 88.3 Å². The Kier molecular flexibility index (Phi) is 44.0. The van der Waals surface area contributed by atoms with Gasteiger partial charge in [0.15, 0.2) is 11.9 Å². The topological polar surface area (TPSA) is 597 Å². The summed E-state index contributed by atoms with van der Waals surface area (Å²) in [6, 6.07) is -8.96. The lowest BCUT2D eigenvalue weighted by Gasteiger charge is -2.31. The Balaban J connectivity index is 3.51. The van der Waals surface area contributed by atoms with Crippen molar-refractivity contribution in [3.05, 3.63) is 63.6 Å². The van der Waals surface area contributed by atoms with Gasteiger partial charge in [0.2, 0.25) is 70.9 Å². The Hall–Kier alpha value is -11.2. The third-order valence-corrected chi connectivity index (χ3v) is 18.4. The van der Waals surface area contributed by atoms with E-state index in [1.807, 2.05) is 0 Å². The Bertz CT molecular complexity index is 3800. The van der Waals surface area contributed by atoms with Gasteiger partial charge in [-0.25, -0.2) is 0 Å². The number of aliphatic hydroxyl groups is 1. The van der Waals surface area contributed by atoms with Crippen LogP contribution in [0.25, 0.3) is 0 Å². The number of carbonyl (C=O) groups is 15. The molecule has 0 heterocycles. The summed E-state index contributed by atoms with van der Waals surface area (Å²) in [7, 11) is 1.34. The van der Waals surface area contributed by atoms with Crippen molar-refractivity contribution in [2.45, 2.75) is 269 Å². The van der Waals surface area contributed by atoms with Crippen LogP contribution >= 0.6 is 0 Å². The van der Waals surface area contributed by atoms with Crippen LogP contribution in [0, 0.1) is 29.6 Å². The number of nitrogens with zero attached hydrogens (tertiary/aromatic N) is 3. The molecule has 38 nitrogen and oxygen atoms in total. The lowest BCUT2D eigenvalue weighted by Crippen LogP contribution is -2.61. The van der Waals surface area contributed by atoms with E-state index in [9.17, 15) is 82.1 Å². The molecule has 0 saturated carbocycles. The van der Waals surface area contributed by atoms with Gasteiger partial charge in [0.25, 0.3) is 17.7 Å². The van der Waals surface area contributed by atoms with Crippen LogP contribution in [0.3, 0.4) is 0 Å². The fraction of sp³-hybridized carbons (Fsp3) is 0.633. The smallest absolute Gasteiger partial charge is 0.268 e. The van der Waals surface area contributed by atoms with Gasteiger partial charge >= 0.3 is 0 Å². The van der Waals surface area contributed by atoms with Crippen LogP contribution in [0.15, 0.2) is 68.1 Å². The Morgan fingerprint density at radius 3 is 1.26 bits per heavy atom. The third kappa shape index (κ3) is 35.8. The van der Waals surface area contributed by atoms with Crippen molar-refractivity contribution in [2.24, 2.45) is 62.5 Å². The van der Waals surface area contributed by atoms with Gasteiger partial charge in [0.05, 0.1) is 18.1 Å². The van der Waals surface area contributed by atoms with Gasteiger partial charge in [-0.3, -0.25) is 81.9 Å². The van der Waals surface area contributed by atoms with Gasteiger partial charge in [-0.15, -0.1) is 0 Å². The molecule has 1 aromatic rings. The Morgan fingerprint density at radius 1 is 0.444 bits per heavy atom. The monoisotopic (exact) mass is 1650 g/mol. The minimum absolute atomic E-state index is 0.0146.